The molecular weight excluding hydrogens is 135 g/mol. The number of carbonyl (C=O) groups excluding carboxylic acids is 1. The maximum absolute atomic E-state index is 9.49. The molecule has 0 fully saturated rings. The first-order valence-electron chi connectivity index (χ1n) is 2.10. The van der Waals surface area contributed by atoms with Crippen LogP contribution in [0.15, 0.2) is 0 Å². The Bertz CT molecular complexity index is 75.0. The summed E-state index contributed by atoms with van der Waals surface area (Å²) in [5.74, 6) is 0. The van der Waals surface area contributed by atoms with Gasteiger partial charge in [-0.15, -0.1) is 0 Å². The van der Waals surface area contributed by atoms with Crippen molar-refractivity contribution in [2.24, 2.45) is 0 Å². The Morgan fingerprint density at radius 2 is 2.11 bits per heavy atom. The smallest absolute Gasteiger partial charge is 0.547 e. The van der Waals surface area contributed by atoms with Crippen LogP contribution in [0.1, 0.15) is 0 Å². The number of methoxy groups -OCH3 is 1. The van der Waals surface area contributed by atoms with Crippen LogP contribution in [0.25, 0.3) is 0 Å². The fourth-order valence-corrected chi connectivity index (χ4v) is 0.208. The van der Waals surface area contributed by atoms with Crippen LogP contribution in [-0.2, 0) is 9.47 Å². The summed E-state index contributed by atoms with van der Waals surface area (Å²) in [6, 6.07) is 0. The fourth-order valence-electron chi connectivity index (χ4n) is 0.208. The predicted octanol–water partition coefficient (Wildman–Crippen LogP) is -4.00. The van der Waals surface area contributed by atoms with Crippen LogP contribution >= 0.6 is 0 Å². The van der Waals surface area contributed by atoms with E-state index in [0.29, 0.717) is 0 Å². The Morgan fingerprint density at radius 1 is 1.56 bits per heavy atom. The van der Waals surface area contributed by atoms with Gasteiger partial charge in [0.25, 0.3) is 6.16 Å². The molecule has 0 aliphatic heterocycles. The van der Waals surface area contributed by atoms with Gasteiger partial charge in [0.15, 0.2) is 0 Å². The van der Waals surface area contributed by atoms with E-state index in [1.54, 1.807) is 0 Å². The molecule has 0 rings (SSSR count). The van der Waals surface area contributed by atoms with Crippen LogP contribution < -0.4 is 34.7 Å². The zero-order valence-electron chi connectivity index (χ0n) is 5.55. The van der Waals surface area contributed by atoms with Gasteiger partial charge in [-0.05, 0) is 0 Å². The number of hydrogen-bond acceptors (Lipinski definition) is 4. The molecule has 0 N–H and O–H groups in total. The Morgan fingerprint density at radius 3 is 2.44 bits per heavy atom. The minimum absolute atomic E-state index is 0. The molecule has 48 valence electrons. The molecule has 0 aliphatic carbocycles. The topological polar surface area (TPSA) is 58.6 Å². The SMILES string of the molecule is COCCOC(=O)[O-].[Na+]. The number of carbonyl (C=O) groups is 1. The van der Waals surface area contributed by atoms with Crippen LogP contribution in [0.2, 0.25) is 0 Å². The summed E-state index contributed by atoms with van der Waals surface area (Å²) in [5.41, 5.74) is 0. The fraction of sp³-hybridized carbons (Fsp3) is 0.750. The molecule has 4 nitrogen and oxygen atoms in total. The first kappa shape index (κ1) is 12.0. The summed E-state index contributed by atoms with van der Waals surface area (Å²) in [4.78, 5) is 9.49. The summed E-state index contributed by atoms with van der Waals surface area (Å²) in [5, 5.41) is 9.49. The largest absolute Gasteiger partial charge is 1.00 e. The standard InChI is InChI=1S/C4H8O4.Na/c1-7-2-3-8-4(5)6;/h2-3H2,1H3,(H,5,6);/q;+1/p-1. The third-order valence-electron chi connectivity index (χ3n) is 0.507. The molecule has 0 aromatic rings. The van der Waals surface area contributed by atoms with Crippen LogP contribution in [0.4, 0.5) is 4.79 Å². The van der Waals surface area contributed by atoms with Crippen molar-refractivity contribution in [2.75, 3.05) is 20.3 Å². The van der Waals surface area contributed by atoms with Gasteiger partial charge in [0.05, 0.1) is 13.2 Å². The van der Waals surface area contributed by atoms with Crippen molar-refractivity contribution in [2.45, 2.75) is 0 Å². The Hall–Kier alpha value is 0.230. The third kappa shape index (κ3) is 11.7. The van der Waals surface area contributed by atoms with Gasteiger partial charge in [0, 0.05) is 7.11 Å². The van der Waals surface area contributed by atoms with Crippen molar-refractivity contribution >= 4 is 6.16 Å². The zero-order valence-corrected chi connectivity index (χ0v) is 7.55. The van der Waals surface area contributed by atoms with E-state index in [-0.39, 0.29) is 42.8 Å². The minimum atomic E-state index is -1.51. The summed E-state index contributed by atoms with van der Waals surface area (Å²) in [6.07, 6.45) is -1.51. The maximum atomic E-state index is 9.49. The van der Waals surface area contributed by atoms with E-state index < -0.39 is 6.16 Å². The molecule has 0 aromatic carbocycles. The molecule has 0 heterocycles. The van der Waals surface area contributed by atoms with Gasteiger partial charge in [-0.25, -0.2) is 0 Å². The van der Waals surface area contributed by atoms with E-state index in [1.807, 2.05) is 0 Å². The number of carboxylic acid groups (broad SMARTS) is 1. The van der Waals surface area contributed by atoms with E-state index in [4.69, 9.17) is 0 Å². The Kier molecular flexibility index (Phi) is 10.9. The molecular formula is C4H7NaO4. The maximum Gasteiger partial charge on any atom is 1.00 e. The minimum Gasteiger partial charge on any atom is -0.547 e. The molecule has 0 aromatic heterocycles. The van der Waals surface area contributed by atoms with Crippen molar-refractivity contribution in [1.29, 1.82) is 0 Å². The van der Waals surface area contributed by atoms with Crippen LogP contribution in [0.5, 0.6) is 0 Å². The van der Waals surface area contributed by atoms with E-state index in [1.165, 1.54) is 7.11 Å². The van der Waals surface area contributed by atoms with Crippen LogP contribution in [0, 0.1) is 0 Å². The quantitative estimate of drug-likeness (QED) is 0.229. The van der Waals surface area contributed by atoms with Gasteiger partial charge in [0.2, 0.25) is 0 Å². The van der Waals surface area contributed by atoms with Crippen molar-refractivity contribution in [1.82, 2.24) is 0 Å². The first-order chi connectivity index (χ1) is 3.77. The van der Waals surface area contributed by atoms with Gasteiger partial charge < -0.3 is 19.4 Å². The van der Waals surface area contributed by atoms with Crippen molar-refractivity contribution < 1.29 is 48.9 Å². The molecule has 0 aliphatic rings. The van der Waals surface area contributed by atoms with E-state index in [9.17, 15) is 9.90 Å². The average Bonchev–Trinajstić information content (AvgIpc) is 1.66. The van der Waals surface area contributed by atoms with E-state index in [2.05, 4.69) is 9.47 Å². The molecule has 0 spiro atoms. The first-order valence-corrected chi connectivity index (χ1v) is 2.10. The van der Waals surface area contributed by atoms with E-state index >= 15 is 0 Å². The predicted molar refractivity (Wildman–Crippen MR) is 23.2 cm³/mol. The zero-order chi connectivity index (χ0) is 6.41. The molecule has 0 bridgehead atoms. The van der Waals surface area contributed by atoms with Crippen molar-refractivity contribution in [3.8, 4) is 0 Å². The van der Waals surface area contributed by atoms with Crippen molar-refractivity contribution in [3.63, 3.8) is 0 Å². The van der Waals surface area contributed by atoms with Gasteiger partial charge in [-0.1, -0.05) is 0 Å². The van der Waals surface area contributed by atoms with Gasteiger partial charge in [0.1, 0.15) is 0 Å². The Balaban J connectivity index is 0. The number of rotatable bonds is 3. The molecule has 0 amide bonds. The van der Waals surface area contributed by atoms with Gasteiger partial charge in [-0.3, -0.25) is 0 Å². The number of ether oxygens (including phenoxy) is 2. The average molecular weight is 142 g/mol. The molecule has 0 saturated heterocycles. The molecule has 0 radical (unpaired) electrons. The summed E-state index contributed by atoms with van der Waals surface area (Å²) < 4.78 is 8.44. The Labute approximate surface area is 75.4 Å². The molecule has 0 atom stereocenters. The summed E-state index contributed by atoms with van der Waals surface area (Å²) in [6.45, 7) is 0.312. The second-order valence-corrected chi connectivity index (χ2v) is 1.09. The van der Waals surface area contributed by atoms with Crippen LogP contribution in [-0.4, -0.2) is 26.5 Å². The second kappa shape index (κ2) is 8.23. The van der Waals surface area contributed by atoms with Crippen LogP contribution in [0.3, 0.4) is 0 Å². The molecule has 0 unspecified atom stereocenters. The second-order valence-electron chi connectivity index (χ2n) is 1.09. The third-order valence-corrected chi connectivity index (χ3v) is 0.507. The summed E-state index contributed by atoms with van der Waals surface area (Å²) in [7, 11) is 1.46. The van der Waals surface area contributed by atoms with Gasteiger partial charge >= 0.3 is 29.6 Å². The number of hydrogen-bond donors (Lipinski definition) is 0. The summed E-state index contributed by atoms with van der Waals surface area (Å²) >= 11 is 0. The monoisotopic (exact) mass is 142 g/mol. The molecule has 9 heavy (non-hydrogen) atoms. The molecule has 0 saturated carbocycles. The van der Waals surface area contributed by atoms with Crippen molar-refractivity contribution in [3.05, 3.63) is 0 Å². The van der Waals surface area contributed by atoms with E-state index in [0.717, 1.165) is 0 Å². The van der Waals surface area contributed by atoms with Gasteiger partial charge in [-0.2, -0.15) is 0 Å². The molecule has 5 heteroatoms. The normalized spacial score (nSPS) is 7.67.